The molecule has 5 nitrogen and oxygen atoms in total. The Morgan fingerprint density at radius 1 is 0.966 bits per heavy atom. The second-order valence-electron chi connectivity index (χ2n) is 6.44. The smallest absolute Gasteiger partial charge is 0.276 e. The Bertz CT molecular complexity index is 1130. The summed E-state index contributed by atoms with van der Waals surface area (Å²) < 4.78 is 0. The van der Waals surface area contributed by atoms with Crippen LogP contribution in [0.4, 0.5) is 17.1 Å². The highest BCUT2D eigenvalue weighted by atomic mass is 35.5. The SMILES string of the molecule is CN(c1ccccc1)c1ccc(C=N/N=C2\C(=O)Nc3c(Cl)cc(Cl)cc32)cc1. The standard InChI is InChI=1S/C22H16Cl2N4O/c1-28(16-5-3-2-4-6-16)17-9-7-14(8-10-17)13-25-27-21-18-11-15(23)12-19(24)20(18)26-22(21)29/h2-13H,1H3,(H,26,27,29). The number of nitrogens with one attached hydrogen (secondary N) is 1. The van der Waals surface area contributed by atoms with E-state index in [1.165, 1.54) is 0 Å². The van der Waals surface area contributed by atoms with Crippen LogP contribution in [0.3, 0.4) is 0 Å². The van der Waals surface area contributed by atoms with E-state index in [1.54, 1.807) is 18.3 Å². The van der Waals surface area contributed by atoms with Crippen molar-refractivity contribution < 1.29 is 4.79 Å². The second kappa shape index (κ2) is 8.07. The number of nitrogens with zero attached hydrogens (tertiary/aromatic N) is 3. The number of fused-ring (bicyclic) bond motifs is 1. The molecule has 7 heteroatoms. The predicted molar refractivity (Wildman–Crippen MR) is 120 cm³/mol. The van der Waals surface area contributed by atoms with Crippen LogP contribution in [0.5, 0.6) is 0 Å². The molecule has 0 unspecified atom stereocenters. The van der Waals surface area contributed by atoms with Crippen molar-refractivity contribution in [3.63, 3.8) is 0 Å². The van der Waals surface area contributed by atoms with Crippen LogP contribution >= 0.6 is 23.2 Å². The molecule has 144 valence electrons. The monoisotopic (exact) mass is 422 g/mol. The van der Waals surface area contributed by atoms with Crippen molar-refractivity contribution in [2.75, 3.05) is 17.3 Å². The van der Waals surface area contributed by atoms with Gasteiger partial charge in [-0.3, -0.25) is 4.79 Å². The number of amides is 1. The van der Waals surface area contributed by atoms with E-state index in [0.717, 1.165) is 16.9 Å². The fourth-order valence-corrected chi connectivity index (χ4v) is 3.56. The zero-order valence-corrected chi connectivity index (χ0v) is 16.9. The Morgan fingerprint density at radius 3 is 2.38 bits per heavy atom. The summed E-state index contributed by atoms with van der Waals surface area (Å²) in [5, 5.41) is 11.6. The molecular weight excluding hydrogens is 407 g/mol. The summed E-state index contributed by atoms with van der Waals surface area (Å²) in [5.41, 5.74) is 4.24. The van der Waals surface area contributed by atoms with Crippen LogP contribution in [0.2, 0.25) is 10.0 Å². The molecule has 3 aromatic rings. The van der Waals surface area contributed by atoms with E-state index in [-0.39, 0.29) is 11.6 Å². The van der Waals surface area contributed by atoms with Crippen molar-refractivity contribution in [2.45, 2.75) is 0 Å². The molecular formula is C22H16Cl2N4O. The Balaban J connectivity index is 1.53. The van der Waals surface area contributed by atoms with Crippen LogP contribution in [-0.2, 0) is 4.79 Å². The summed E-state index contributed by atoms with van der Waals surface area (Å²) >= 11 is 12.2. The van der Waals surface area contributed by atoms with Gasteiger partial charge < -0.3 is 10.2 Å². The number of rotatable bonds is 4. The van der Waals surface area contributed by atoms with E-state index in [9.17, 15) is 4.79 Å². The van der Waals surface area contributed by atoms with Crippen molar-refractivity contribution in [3.05, 3.63) is 87.9 Å². The maximum Gasteiger partial charge on any atom is 0.276 e. The molecule has 1 aliphatic rings. The molecule has 3 aromatic carbocycles. The topological polar surface area (TPSA) is 57.1 Å². The summed E-state index contributed by atoms with van der Waals surface area (Å²) in [6, 6.07) is 21.2. The van der Waals surface area contributed by atoms with Gasteiger partial charge >= 0.3 is 0 Å². The lowest BCUT2D eigenvalue weighted by Gasteiger charge is -2.19. The van der Waals surface area contributed by atoms with Crippen molar-refractivity contribution in [3.8, 4) is 0 Å². The van der Waals surface area contributed by atoms with Gasteiger partial charge in [-0.1, -0.05) is 53.5 Å². The zero-order valence-electron chi connectivity index (χ0n) is 15.4. The summed E-state index contributed by atoms with van der Waals surface area (Å²) in [6.45, 7) is 0. The van der Waals surface area contributed by atoms with Gasteiger partial charge in [-0.2, -0.15) is 5.10 Å². The van der Waals surface area contributed by atoms with Gasteiger partial charge in [0, 0.05) is 29.0 Å². The van der Waals surface area contributed by atoms with Crippen LogP contribution in [0.25, 0.3) is 0 Å². The molecule has 0 spiro atoms. The first kappa shape index (κ1) is 19.2. The molecule has 0 bridgehead atoms. The van der Waals surface area contributed by atoms with Crippen LogP contribution in [0.15, 0.2) is 76.9 Å². The van der Waals surface area contributed by atoms with Crippen LogP contribution in [0.1, 0.15) is 11.1 Å². The normalized spacial score (nSPS) is 14.3. The number of benzene rings is 3. The lowest BCUT2D eigenvalue weighted by atomic mass is 10.1. The Morgan fingerprint density at radius 2 is 1.66 bits per heavy atom. The fourth-order valence-electron chi connectivity index (χ4n) is 3.02. The molecule has 0 aliphatic carbocycles. The minimum absolute atomic E-state index is 0.182. The Kier molecular flexibility index (Phi) is 5.34. The number of carbonyl (C=O) groups excluding carboxylic acids is 1. The van der Waals surface area contributed by atoms with Crippen LogP contribution in [0, 0.1) is 0 Å². The van der Waals surface area contributed by atoms with E-state index in [0.29, 0.717) is 21.3 Å². The summed E-state index contributed by atoms with van der Waals surface area (Å²) in [6.07, 6.45) is 1.59. The molecule has 0 atom stereocenters. The van der Waals surface area contributed by atoms with E-state index < -0.39 is 0 Å². The number of para-hydroxylation sites is 1. The predicted octanol–water partition coefficient (Wildman–Crippen LogP) is 5.54. The van der Waals surface area contributed by atoms with Gasteiger partial charge in [-0.25, -0.2) is 0 Å². The molecule has 0 saturated heterocycles. The first-order valence-corrected chi connectivity index (χ1v) is 9.59. The van der Waals surface area contributed by atoms with Gasteiger partial charge in [0.15, 0.2) is 5.71 Å². The minimum atomic E-state index is -0.360. The average molecular weight is 423 g/mol. The summed E-state index contributed by atoms with van der Waals surface area (Å²) in [4.78, 5) is 14.3. The first-order chi connectivity index (χ1) is 14.0. The highest BCUT2D eigenvalue weighted by molar-refractivity contribution is 6.56. The van der Waals surface area contributed by atoms with Crippen molar-refractivity contribution in [1.82, 2.24) is 0 Å². The number of carbonyl (C=O) groups is 1. The quantitative estimate of drug-likeness (QED) is 0.443. The number of halogens is 2. The van der Waals surface area contributed by atoms with E-state index in [2.05, 4.69) is 32.6 Å². The third kappa shape index (κ3) is 4.01. The third-order valence-electron chi connectivity index (χ3n) is 4.55. The molecule has 1 aliphatic heterocycles. The molecule has 1 heterocycles. The number of hydrogen-bond donors (Lipinski definition) is 1. The van der Waals surface area contributed by atoms with E-state index in [4.69, 9.17) is 23.2 Å². The van der Waals surface area contributed by atoms with Crippen LogP contribution in [-0.4, -0.2) is 24.9 Å². The molecule has 0 saturated carbocycles. The molecule has 4 rings (SSSR count). The van der Waals surface area contributed by atoms with Gasteiger partial charge in [0.05, 0.1) is 16.9 Å². The largest absolute Gasteiger partial charge is 0.345 e. The summed E-state index contributed by atoms with van der Waals surface area (Å²) in [5.74, 6) is -0.360. The number of hydrogen-bond acceptors (Lipinski definition) is 4. The molecule has 0 fully saturated rings. The first-order valence-electron chi connectivity index (χ1n) is 8.83. The van der Waals surface area contributed by atoms with Crippen molar-refractivity contribution >= 4 is 58.1 Å². The van der Waals surface area contributed by atoms with E-state index >= 15 is 0 Å². The Hall–Kier alpha value is -3.15. The molecule has 1 N–H and O–H groups in total. The van der Waals surface area contributed by atoms with Gasteiger partial charge in [0.2, 0.25) is 0 Å². The van der Waals surface area contributed by atoms with E-state index in [1.807, 2.05) is 49.5 Å². The maximum absolute atomic E-state index is 12.2. The zero-order chi connectivity index (χ0) is 20.4. The molecule has 29 heavy (non-hydrogen) atoms. The summed E-state index contributed by atoms with van der Waals surface area (Å²) in [7, 11) is 2.01. The van der Waals surface area contributed by atoms with Gasteiger partial charge in [-0.05, 0) is 42.0 Å². The molecule has 0 aromatic heterocycles. The average Bonchev–Trinajstić information content (AvgIpc) is 3.04. The van der Waals surface area contributed by atoms with Crippen molar-refractivity contribution in [1.29, 1.82) is 0 Å². The van der Waals surface area contributed by atoms with Crippen LogP contribution < -0.4 is 10.2 Å². The lowest BCUT2D eigenvalue weighted by molar-refractivity contribution is -0.110. The minimum Gasteiger partial charge on any atom is -0.345 e. The van der Waals surface area contributed by atoms with Gasteiger partial charge in [-0.15, -0.1) is 5.10 Å². The Labute approximate surface area is 178 Å². The third-order valence-corrected chi connectivity index (χ3v) is 5.07. The molecule has 0 radical (unpaired) electrons. The highest BCUT2D eigenvalue weighted by Gasteiger charge is 2.28. The molecule has 1 amide bonds. The number of anilines is 3. The second-order valence-corrected chi connectivity index (χ2v) is 7.29. The van der Waals surface area contributed by atoms with Gasteiger partial charge in [0.25, 0.3) is 5.91 Å². The van der Waals surface area contributed by atoms with Gasteiger partial charge in [0.1, 0.15) is 0 Å². The lowest BCUT2D eigenvalue weighted by Crippen LogP contribution is -2.13. The van der Waals surface area contributed by atoms with Crippen molar-refractivity contribution in [2.24, 2.45) is 10.2 Å². The highest BCUT2D eigenvalue weighted by Crippen LogP contribution is 2.34. The maximum atomic E-state index is 12.2. The fraction of sp³-hybridized carbons (Fsp3) is 0.0455.